The smallest absolute Gasteiger partial charge is 0.362 e. The molecule has 3 fully saturated rings. The van der Waals surface area contributed by atoms with Gasteiger partial charge in [0.1, 0.15) is 17.8 Å². The number of likely N-dealkylation sites (tertiary alicyclic amines) is 1. The molecular formula is C20H26N10O8S2. The molecule has 1 aliphatic carbocycles. The topological polar surface area (TPSA) is 262 Å². The van der Waals surface area contributed by atoms with Crippen LogP contribution in [0.2, 0.25) is 0 Å². The number of rotatable bonds is 12. The van der Waals surface area contributed by atoms with Crippen molar-refractivity contribution in [3.8, 4) is 0 Å². The maximum Gasteiger partial charge on any atom is 0.362 e. The van der Waals surface area contributed by atoms with E-state index in [-0.39, 0.29) is 34.5 Å². The van der Waals surface area contributed by atoms with Gasteiger partial charge in [-0.05, 0) is 12.5 Å². The SMILES string of the molecule is NCC1CN(Cc2cnn(C[C@H]3[C@H](NC(=O)C(=NOC4(C(=O)O)CC4)c4csc(N)n4)C(=O)N3S(=O)(=O)O)n2)C1. The third-order valence-electron chi connectivity index (χ3n) is 6.78. The molecule has 0 radical (unpaired) electrons. The maximum atomic E-state index is 13.2. The van der Waals surface area contributed by atoms with Gasteiger partial charge < -0.3 is 26.7 Å². The molecule has 1 saturated carbocycles. The zero-order valence-corrected chi connectivity index (χ0v) is 22.4. The number of carboxylic acid groups (broad SMARTS) is 1. The summed E-state index contributed by atoms with van der Waals surface area (Å²) in [6, 6.07) is -2.71. The summed E-state index contributed by atoms with van der Waals surface area (Å²) in [7, 11) is -4.97. The second kappa shape index (κ2) is 10.4. The minimum Gasteiger partial charge on any atom is -0.478 e. The van der Waals surface area contributed by atoms with Crippen molar-refractivity contribution >= 4 is 50.3 Å². The summed E-state index contributed by atoms with van der Waals surface area (Å²) < 4.78 is 33.7. The third kappa shape index (κ3) is 5.47. The first-order chi connectivity index (χ1) is 18.9. The van der Waals surface area contributed by atoms with Crippen molar-refractivity contribution in [1.29, 1.82) is 0 Å². The van der Waals surface area contributed by atoms with Crippen molar-refractivity contribution in [2.45, 2.75) is 43.6 Å². The average molecular weight is 599 g/mol. The van der Waals surface area contributed by atoms with Gasteiger partial charge in [0.15, 0.2) is 10.8 Å². The quantitative estimate of drug-likeness (QED) is 0.0718. The number of carbonyl (C=O) groups is 3. The van der Waals surface area contributed by atoms with Crippen molar-refractivity contribution in [3.63, 3.8) is 0 Å². The predicted octanol–water partition coefficient (Wildman–Crippen LogP) is -2.76. The average Bonchev–Trinajstić information content (AvgIpc) is 3.33. The van der Waals surface area contributed by atoms with Gasteiger partial charge in [0.2, 0.25) is 5.60 Å². The summed E-state index contributed by atoms with van der Waals surface area (Å²) in [5, 5.41) is 25.3. The van der Waals surface area contributed by atoms with E-state index in [1.165, 1.54) is 11.6 Å². The zero-order chi connectivity index (χ0) is 28.8. The molecule has 0 unspecified atom stereocenters. The Morgan fingerprint density at radius 2 is 2.05 bits per heavy atom. The van der Waals surface area contributed by atoms with E-state index in [2.05, 4.69) is 30.6 Å². The summed E-state index contributed by atoms with van der Waals surface area (Å²) in [5.74, 6) is -2.96. The number of aromatic nitrogens is 4. The number of oxime groups is 1. The highest BCUT2D eigenvalue weighted by molar-refractivity contribution is 7.84. The highest BCUT2D eigenvalue weighted by Gasteiger charge is 2.56. The Morgan fingerprint density at radius 1 is 1.32 bits per heavy atom. The van der Waals surface area contributed by atoms with E-state index < -0.39 is 51.5 Å². The maximum absolute atomic E-state index is 13.2. The molecule has 20 heteroatoms. The van der Waals surface area contributed by atoms with Crippen LogP contribution in [0, 0.1) is 5.92 Å². The van der Waals surface area contributed by atoms with Crippen molar-refractivity contribution < 1.29 is 37.3 Å². The van der Waals surface area contributed by atoms with E-state index in [9.17, 15) is 32.5 Å². The lowest BCUT2D eigenvalue weighted by molar-refractivity contribution is -0.153. The Kier molecular flexibility index (Phi) is 7.20. The second-order valence-corrected chi connectivity index (χ2v) is 11.9. The molecule has 0 aromatic carbocycles. The van der Waals surface area contributed by atoms with Gasteiger partial charge in [-0.3, -0.25) is 19.0 Å². The van der Waals surface area contributed by atoms with E-state index in [0.29, 0.717) is 24.7 Å². The van der Waals surface area contributed by atoms with Crippen molar-refractivity contribution in [2.75, 3.05) is 25.4 Å². The molecule has 2 atom stereocenters. The van der Waals surface area contributed by atoms with Crippen molar-refractivity contribution in [2.24, 2.45) is 16.8 Å². The highest BCUT2D eigenvalue weighted by Crippen LogP contribution is 2.40. The van der Waals surface area contributed by atoms with Gasteiger partial charge in [0.25, 0.3) is 11.8 Å². The molecule has 2 aromatic rings. The van der Waals surface area contributed by atoms with Gasteiger partial charge in [0.05, 0.1) is 18.4 Å². The van der Waals surface area contributed by atoms with Crippen LogP contribution >= 0.6 is 11.3 Å². The lowest BCUT2D eigenvalue weighted by Crippen LogP contribution is -2.73. The number of nitrogens with two attached hydrogens (primary N) is 2. The fourth-order valence-corrected chi connectivity index (χ4v) is 5.81. The molecule has 2 saturated heterocycles. The van der Waals surface area contributed by atoms with Crippen LogP contribution in [0.25, 0.3) is 0 Å². The number of thiazole rings is 1. The number of hydrogen-bond donors (Lipinski definition) is 5. The fraction of sp³-hybridized carbons (Fsp3) is 0.550. The first-order valence-electron chi connectivity index (χ1n) is 12.0. The van der Waals surface area contributed by atoms with Gasteiger partial charge in [0, 0.05) is 37.9 Å². The van der Waals surface area contributed by atoms with Crippen LogP contribution in [0.5, 0.6) is 0 Å². The molecule has 18 nitrogen and oxygen atoms in total. The molecule has 3 aliphatic rings. The lowest BCUT2D eigenvalue weighted by atomic mass is 9.98. The number of aliphatic carboxylic acids is 1. The van der Waals surface area contributed by atoms with Crippen LogP contribution in [0.4, 0.5) is 5.13 Å². The standard InChI is InChI=1S/C20H26N10O8S2/c21-3-10-5-28(6-10)7-11-4-23-29(26-11)8-13-15(17(32)30(13)40(35,36)37)25-16(31)14(12-9-39-19(22)24-12)27-38-20(1-2-20)18(33)34/h4,9-10,13,15H,1-3,5-8,21H2,(H2,22,24)(H,25,31)(H,33,34)(H,35,36,37)/t13-,15-/m0/s1. The Balaban J connectivity index is 1.32. The molecule has 40 heavy (non-hydrogen) atoms. The summed E-state index contributed by atoms with van der Waals surface area (Å²) in [4.78, 5) is 49.7. The summed E-state index contributed by atoms with van der Waals surface area (Å²) in [6.07, 6.45) is 1.85. The van der Waals surface area contributed by atoms with Crippen LogP contribution < -0.4 is 16.8 Å². The minimum atomic E-state index is -4.97. The Labute approximate surface area is 230 Å². The Hall–Kier alpha value is -3.72. The number of carboxylic acids is 1. The fourth-order valence-electron chi connectivity index (χ4n) is 4.39. The van der Waals surface area contributed by atoms with E-state index in [1.807, 2.05) is 0 Å². The van der Waals surface area contributed by atoms with Gasteiger partial charge >= 0.3 is 16.3 Å². The predicted molar refractivity (Wildman–Crippen MR) is 136 cm³/mol. The summed E-state index contributed by atoms with van der Waals surface area (Å²) in [6.45, 7) is 2.44. The molecule has 2 aromatic heterocycles. The van der Waals surface area contributed by atoms with Gasteiger partial charge in [-0.1, -0.05) is 5.16 Å². The van der Waals surface area contributed by atoms with Gasteiger partial charge in [-0.2, -0.15) is 23.4 Å². The number of β-lactam (4-membered cyclic amide) rings is 1. The molecule has 216 valence electrons. The van der Waals surface area contributed by atoms with Crippen molar-refractivity contribution in [1.82, 2.24) is 34.5 Å². The number of amides is 2. The van der Waals surface area contributed by atoms with E-state index >= 15 is 0 Å². The summed E-state index contributed by atoms with van der Waals surface area (Å²) >= 11 is 0.981. The Bertz CT molecular complexity index is 1460. The molecule has 2 amide bonds. The van der Waals surface area contributed by atoms with Crippen LogP contribution in [-0.4, -0.2) is 108 Å². The molecule has 5 rings (SSSR count). The first kappa shape index (κ1) is 27.8. The molecule has 2 aliphatic heterocycles. The largest absolute Gasteiger partial charge is 0.478 e. The number of nitrogens with one attached hydrogen (secondary N) is 1. The lowest BCUT2D eigenvalue weighted by Gasteiger charge is -2.43. The van der Waals surface area contributed by atoms with Crippen LogP contribution in [0.1, 0.15) is 24.2 Å². The number of carbonyl (C=O) groups excluding carboxylic acids is 2. The monoisotopic (exact) mass is 598 g/mol. The van der Waals surface area contributed by atoms with Crippen LogP contribution in [0.3, 0.4) is 0 Å². The van der Waals surface area contributed by atoms with Crippen LogP contribution in [0.15, 0.2) is 16.7 Å². The van der Waals surface area contributed by atoms with E-state index in [0.717, 1.165) is 29.2 Å². The van der Waals surface area contributed by atoms with Gasteiger partial charge in [-0.25, -0.2) is 14.1 Å². The molecule has 4 heterocycles. The number of hydrogen-bond acceptors (Lipinski definition) is 14. The molecular weight excluding hydrogens is 572 g/mol. The van der Waals surface area contributed by atoms with E-state index in [1.54, 1.807) is 0 Å². The summed E-state index contributed by atoms with van der Waals surface area (Å²) in [5.41, 5.74) is 9.81. The molecule has 0 bridgehead atoms. The van der Waals surface area contributed by atoms with Gasteiger partial charge in [-0.15, -0.1) is 11.3 Å². The third-order valence-corrected chi connectivity index (χ3v) is 8.40. The zero-order valence-electron chi connectivity index (χ0n) is 20.8. The first-order valence-corrected chi connectivity index (χ1v) is 14.3. The number of nitrogen functional groups attached to an aromatic ring is 1. The Morgan fingerprint density at radius 3 is 2.62 bits per heavy atom. The van der Waals surface area contributed by atoms with Crippen LogP contribution in [-0.2, 0) is 42.6 Å². The number of nitrogens with zero attached hydrogens (tertiary/aromatic N) is 7. The second-order valence-electron chi connectivity index (χ2n) is 9.72. The number of anilines is 1. The normalized spacial score (nSPS) is 22.9. The van der Waals surface area contributed by atoms with Crippen molar-refractivity contribution in [3.05, 3.63) is 23.0 Å². The molecule has 7 N–H and O–H groups in total. The highest BCUT2D eigenvalue weighted by atomic mass is 32.2. The van der Waals surface area contributed by atoms with E-state index in [4.69, 9.17) is 16.3 Å². The minimum absolute atomic E-state index is 0.0441. The molecule has 0 spiro atoms.